The molecule has 0 aliphatic rings. The molecule has 0 saturated carbocycles. The van der Waals surface area contributed by atoms with Crippen molar-refractivity contribution in [3.05, 3.63) is 144 Å². The molecule has 0 radical (unpaired) electrons. The van der Waals surface area contributed by atoms with Crippen LogP contribution in [0.5, 0.6) is 5.75 Å². The largest absolute Gasteiger partial charge is 1.00 e. The van der Waals surface area contributed by atoms with Gasteiger partial charge in [0.25, 0.3) is 0 Å². The van der Waals surface area contributed by atoms with Crippen LogP contribution in [-0.4, -0.2) is 29.0 Å². The van der Waals surface area contributed by atoms with Gasteiger partial charge < -0.3 is 24.5 Å². The number of ketones is 1. The van der Waals surface area contributed by atoms with Crippen LogP contribution in [0.25, 0.3) is 21.8 Å². The first-order chi connectivity index (χ1) is 21.0. The average molecular weight is 595 g/mol. The molecule has 6 nitrogen and oxygen atoms in total. The molecular weight excluding hydrogens is 566 g/mol. The third-order valence-corrected chi connectivity index (χ3v) is 7.52. The number of ether oxygens (including phenoxy) is 1. The summed E-state index contributed by atoms with van der Waals surface area (Å²) >= 11 is 0. The maximum Gasteiger partial charge on any atom is 1.00 e. The summed E-state index contributed by atoms with van der Waals surface area (Å²) in [5, 5.41) is 17.5. The van der Waals surface area contributed by atoms with Gasteiger partial charge in [-0.1, -0.05) is 60.7 Å². The van der Waals surface area contributed by atoms with Crippen LogP contribution >= 0.6 is 0 Å². The number of aliphatic carboxylic acids is 1. The summed E-state index contributed by atoms with van der Waals surface area (Å²) in [5.41, 5.74) is 4.02. The van der Waals surface area contributed by atoms with Gasteiger partial charge in [0, 0.05) is 38.6 Å². The van der Waals surface area contributed by atoms with Crippen molar-refractivity contribution in [1.82, 2.24) is 4.57 Å². The molecule has 6 rings (SSSR count). The third kappa shape index (κ3) is 6.70. The van der Waals surface area contributed by atoms with Gasteiger partial charge in [-0.15, -0.1) is 0 Å². The number of carbonyl (C=O) groups is 2. The van der Waals surface area contributed by atoms with E-state index in [1.807, 2.05) is 48.5 Å². The summed E-state index contributed by atoms with van der Waals surface area (Å²) in [7, 11) is 0. The number of hydrogen-bond donors (Lipinski definition) is 1. The van der Waals surface area contributed by atoms with Crippen LogP contribution < -0.4 is 44.7 Å². The second kappa shape index (κ2) is 13.9. The second-order valence-electron chi connectivity index (χ2n) is 10.3. The molecule has 0 amide bonds. The van der Waals surface area contributed by atoms with Crippen LogP contribution in [0.2, 0.25) is 0 Å². The number of hydrogen-bond acceptors (Lipinski definition) is 5. The molecule has 0 aliphatic carbocycles. The fourth-order valence-electron chi connectivity index (χ4n) is 5.40. The minimum absolute atomic E-state index is 0. The Morgan fingerprint density at radius 1 is 0.773 bits per heavy atom. The van der Waals surface area contributed by atoms with Crippen LogP contribution in [0.4, 0.5) is 10.1 Å². The van der Waals surface area contributed by atoms with E-state index >= 15 is 0 Å². The summed E-state index contributed by atoms with van der Waals surface area (Å²) in [6, 6.07) is 34.7. The van der Waals surface area contributed by atoms with Crippen LogP contribution in [0.1, 0.15) is 21.5 Å². The summed E-state index contributed by atoms with van der Waals surface area (Å²) < 4.78 is 21.6. The Hall–Kier alpha value is -4.43. The minimum atomic E-state index is -1.30. The number of carbonyl (C=O) groups excluding carboxylic acids is 2. The van der Waals surface area contributed by atoms with Gasteiger partial charge in [-0.3, -0.25) is 4.79 Å². The number of carboxylic acids is 1. The molecular formula is C36H28FN2NaO4. The second-order valence-corrected chi connectivity index (χ2v) is 10.3. The number of nitrogens with zero attached hydrogens (tertiary/aromatic N) is 1. The minimum Gasteiger partial charge on any atom is -0.548 e. The molecule has 1 atom stereocenters. The van der Waals surface area contributed by atoms with E-state index in [2.05, 4.69) is 34.1 Å². The van der Waals surface area contributed by atoms with E-state index < -0.39 is 17.8 Å². The van der Waals surface area contributed by atoms with Gasteiger partial charge in [0.1, 0.15) is 18.2 Å². The first kappa shape index (κ1) is 31.0. The molecule has 0 aliphatic heterocycles. The molecule has 44 heavy (non-hydrogen) atoms. The zero-order valence-electron chi connectivity index (χ0n) is 24.2. The fraction of sp³-hybridized carbons (Fsp3) is 0.111. The predicted octanol–water partition coefficient (Wildman–Crippen LogP) is 3.02. The van der Waals surface area contributed by atoms with Gasteiger partial charge in [-0.2, -0.15) is 0 Å². The summed E-state index contributed by atoms with van der Waals surface area (Å²) in [6.07, 6.45) is 0.128. The van der Waals surface area contributed by atoms with Crippen LogP contribution in [0.3, 0.4) is 0 Å². The van der Waals surface area contributed by atoms with E-state index in [1.165, 1.54) is 35.0 Å². The van der Waals surface area contributed by atoms with Crippen LogP contribution in [0.15, 0.2) is 121 Å². The van der Waals surface area contributed by atoms with Crippen molar-refractivity contribution >= 4 is 39.2 Å². The van der Waals surface area contributed by atoms with Crippen molar-refractivity contribution in [2.24, 2.45) is 0 Å². The number of benzene rings is 5. The van der Waals surface area contributed by atoms with Crippen molar-refractivity contribution in [3.8, 4) is 5.75 Å². The molecule has 8 heteroatoms. The summed E-state index contributed by atoms with van der Waals surface area (Å²) in [4.78, 5) is 25.2. The fourth-order valence-corrected chi connectivity index (χ4v) is 5.40. The van der Waals surface area contributed by atoms with E-state index in [0.29, 0.717) is 30.2 Å². The molecule has 0 spiro atoms. The molecule has 0 fully saturated rings. The van der Waals surface area contributed by atoms with Crippen molar-refractivity contribution < 1.29 is 53.4 Å². The number of rotatable bonds is 11. The molecule has 1 N–H and O–H groups in total. The quantitative estimate of drug-likeness (QED) is 0.184. The van der Waals surface area contributed by atoms with E-state index in [9.17, 15) is 19.1 Å². The standard InChI is InChI=1S/C36H29FN2O4.Na/c37-26-17-15-25(16-18-26)35(40)30-9-1-4-10-31(30)38-32(36(41)42)23-24-13-19-27(20-14-24)43-22-21-39-33-11-5-2-7-28(33)29-8-3-6-12-34(29)39;/h1-20,32,38H,21-23H2,(H,41,42);/q;+1/p-1/t32-;/m0./s1. The van der Waals surface area contributed by atoms with Crippen molar-refractivity contribution in [2.75, 3.05) is 11.9 Å². The van der Waals surface area contributed by atoms with Gasteiger partial charge in [-0.25, -0.2) is 4.39 Å². The van der Waals surface area contributed by atoms with Crippen LogP contribution in [-0.2, 0) is 17.8 Å². The first-order valence-corrected chi connectivity index (χ1v) is 14.0. The van der Waals surface area contributed by atoms with Crippen molar-refractivity contribution in [2.45, 2.75) is 19.0 Å². The molecule has 6 aromatic rings. The zero-order chi connectivity index (χ0) is 29.8. The first-order valence-electron chi connectivity index (χ1n) is 14.0. The van der Waals surface area contributed by atoms with Gasteiger partial charge in [0.2, 0.25) is 0 Å². The normalized spacial score (nSPS) is 11.6. The number of halogens is 1. The molecule has 0 bridgehead atoms. The monoisotopic (exact) mass is 594 g/mol. The van der Waals surface area contributed by atoms with E-state index in [1.54, 1.807) is 24.3 Å². The van der Waals surface area contributed by atoms with Crippen LogP contribution in [0, 0.1) is 5.82 Å². The molecule has 0 unspecified atom stereocenters. The Kier molecular flexibility index (Phi) is 9.80. The number of fused-ring (bicyclic) bond motifs is 3. The third-order valence-electron chi connectivity index (χ3n) is 7.52. The number of nitrogens with one attached hydrogen (secondary N) is 1. The number of aromatic nitrogens is 1. The Morgan fingerprint density at radius 3 is 2.00 bits per heavy atom. The van der Waals surface area contributed by atoms with E-state index in [4.69, 9.17) is 4.74 Å². The van der Waals surface area contributed by atoms with E-state index in [-0.39, 0.29) is 47.3 Å². The Balaban J connectivity index is 0.00000384. The smallest absolute Gasteiger partial charge is 0.548 e. The summed E-state index contributed by atoms with van der Waals surface area (Å²) in [6.45, 7) is 1.13. The number of anilines is 1. The summed E-state index contributed by atoms with van der Waals surface area (Å²) in [5.74, 6) is -1.41. The van der Waals surface area contributed by atoms with Crippen molar-refractivity contribution in [1.29, 1.82) is 0 Å². The SMILES string of the molecule is O=C(c1ccc(F)cc1)c1ccccc1N[C@@H](Cc1ccc(OCCn2c3ccccc3c3ccccc32)cc1)C(=O)[O-].[Na+]. The Labute approximate surface area is 276 Å². The topological polar surface area (TPSA) is 83.4 Å². The zero-order valence-corrected chi connectivity index (χ0v) is 26.2. The van der Waals surface area contributed by atoms with Gasteiger partial charge in [0.15, 0.2) is 5.78 Å². The predicted molar refractivity (Wildman–Crippen MR) is 164 cm³/mol. The molecule has 0 saturated heterocycles. The van der Waals surface area contributed by atoms with Gasteiger partial charge in [-0.05, 0) is 72.6 Å². The average Bonchev–Trinajstić information content (AvgIpc) is 3.35. The maximum absolute atomic E-state index is 13.3. The van der Waals surface area contributed by atoms with Gasteiger partial charge >= 0.3 is 29.6 Å². The van der Waals surface area contributed by atoms with Gasteiger partial charge in [0.05, 0.1) is 18.6 Å². The molecule has 1 aromatic heterocycles. The number of carboxylic acid groups (broad SMARTS) is 1. The molecule has 214 valence electrons. The Bertz CT molecular complexity index is 1870. The molecule has 1 heterocycles. The number of para-hydroxylation sites is 3. The maximum atomic E-state index is 13.3. The molecule has 5 aromatic carbocycles. The van der Waals surface area contributed by atoms with Crippen molar-refractivity contribution in [3.63, 3.8) is 0 Å². The van der Waals surface area contributed by atoms with E-state index in [0.717, 1.165) is 16.6 Å². The Morgan fingerprint density at radius 2 is 1.36 bits per heavy atom.